The molecule has 0 saturated carbocycles. The minimum absolute atomic E-state index is 0.0309. The van der Waals surface area contributed by atoms with Crippen molar-refractivity contribution in [3.05, 3.63) is 47.9 Å². The lowest BCUT2D eigenvalue weighted by atomic mass is 10.1. The summed E-state index contributed by atoms with van der Waals surface area (Å²) in [6, 6.07) is 10.3. The predicted octanol–water partition coefficient (Wildman–Crippen LogP) is 2.35. The Bertz CT molecular complexity index is 645. The largest absolute Gasteiger partial charge is 0.348 e. The van der Waals surface area contributed by atoms with Crippen LogP contribution in [0.4, 0.5) is 0 Å². The van der Waals surface area contributed by atoms with Gasteiger partial charge in [-0.3, -0.25) is 15.3 Å². The molecule has 1 saturated heterocycles. The Morgan fingerprint density at radius 3 is 2.71 bits per heavy atom. The van der Waals surface area contributed by atoms with Gasteiger partial charge in [-0.1, -0.05) is 24.3 Å². The molecule has 0 bridgehead atoms. The molecule has 106 valence electrons. The second-order valence-electron chi connectivity index (χ2n) is 5.00. The quantitative estimate of drug-likeness (QED) is 0.672. The molecule has 1 fully saturated rings. The highest BCUT2D eigenvalue weighted by molar-refractivity contribution is 5.58. The Kier molecular flexibility index (Phi) is 3.91. The van der Waals surface area contributed by atoms with E-state index in [9.17, 15) is 0 Å². The van der Waals surface area contributed by atoms with Gasteiger partial charge in [0.1, 0.15) is 12.3 Å². The van der Waals surface area contributed by atoms with Crippen molar-refractivity contribution in [2.24, 2.45) is 0 Å². The Morgan fingerprint density at radius 1 is 1.24 bits per heavy atom. The summed E-state index contributed by atoms with van der Waals surface area (Å²) < 4.78 is 5.56. The zero-order valence-corrected chi connectivity index (χ0v) is 11.8. The van der Waals surface area contributed by atoms with Crippen molar-refractivity contribution in [1.29, 1.82) is 5.26 Å². The summed E-state index contributed by atoms with van der Waals surface area (Å²) in [5.74, 6) is 0. The number of rotatable bonds is 5. The molecule has 1 aliphatic rings. The molecule has 21 heavy (non-hydrogen) atoms. The summed E-state index contributed by atoms with van der Waals surface area (Å²) in [4.78, 5) is 8.62. The molecule has 2 heterocycles. The third-order valence-electron chi connectivity index (χ3n) is 3.39. The predicted molar refractivity (Wildman–Crippen MR) is 78.1 cm³/mol. The first-order chi connectivity index (χ1) is 10.3. The summed E-state index contributed by atoms with van der Waals surface area (Å²) in [5.41, 5.74) is 3.95. The maximum absolute atomic E-state index is 8.50. The molecule has 1 aromatic carbocycles. The van der Waals surface area contributed by atoms with Gasteiger partial charge in [-0.25, -0.2) is 0 Å². The molecule has 2 aromatic rings. The van der Waals surface area contributed by atoms with Crippen LogP contribution in [0.1, 0.15) is 23.8 Å². The van der Waals surface area contributed by atoms with Crippen molar-refractivity contribution >= 4 is 0 Å². The van der Waals surface area contributed by atoms with Crippen LogP contribution in [0.5, 0.6) is 0 Å². The van der Waals surface area contributed by atoms with Gasteiger partial charge in [0, 0.05) is 24.7 Å². The Labute approximate surface area is 123 Å². The second-order valence-corrected chi connectivity index (χ2v) is 5.00. The smallest absolute Gasteiger partial charge is 0.140 e. The fourth-order valence-corrected chi connectivity index (χ4v) is 2.18. The third kappa shape index (κ3) is 3.24. The van der Waals surface area contributed by atoms with Gasteiger partial charge in [-0.05, 0) is 12.5 Å². The summed E-state index contributed by atoms with van der Waals surface area (Å²) in [6.45, 7) is 2.58. The molecule has 5 nitrogen and oxygen atoms in total. The summed E-state index contributed by atoms with van der Waals surface area (Å²) in [5, 5.41) is 11.7. The summed E-state index contributed by atoms with van der Waals surface area (Å²) >= 11 is 0. The van der Waals surface area contributed by atoms with Crippen molar-refractivity contribution in [2.45, 2.75) is 25.7 Å². The molecule has 5 heteroatoms. The van der Waals surface area contributed by atoms with E-state index in [0.29, 0.717) is 13.0 Å². The van der Waals surface area contributed by atoms with E-state index in [1.807, 2.05) is 31.2 Å². The number of ether oxygens (including phenoxy) is 1. The minimum Gasteiger partial charge on any atom is -0.348 e. The maximum Gasteiger partial charge on any atom is 0.140 e. The lowest BCUT2D eigenvalue weighted by molar-refractivity contribution is 0.348. The summed E-state index contributed by atoms with van der Waals surface area (Å²) in [6.07, 6.45) is 4.16. The highest BCUT2D eigenvalue weighted by Gasteiger charge is 2.39. The Hall–Kier alpha value is -2.29. The van der Waals surface area contributed by atoms with E-state index < -0.39 is 0 Å². The van der Waals surface area contributed by atoms with Crippen LogP contribution in [-0.4, -0.2) is 22.7 Å². The fraction of sp³-hybridized carbons (Fsp3) is 0.312. The highest BCUT2D eigenvalue weighted by atomic mass is 16.6. The molecule has 0 aliphatic carbocycles. The molecule has 0 amide bonds. The number of aryl methyl sites for hydroxylation is 1. The van der Waals surface area contributed by atoms with Crippen molar-refractivity contribution in [3.8, 4) is 17.3 Å². The Morgan fingerprint density at radius 2 is 2.05 bits per heavy atom. The first-order valence-corrected chi connectivity index (χ1v) is 6.93. The zero-order valence-electron chi connectivity index (χ0n) is 11.8. The van der Waals surface area contributed by atoms with Crippen LogP contribution in [0.3, 0.4) is 0 Å². The van der Waals surface area contributed by atoms with Crippen LogP contribution in [-0.2, 0) is 4.74 Å². The molecule has 0 radical (unpaired) electrons. The number of hydrogen-bond acceptors (Lipinski definition) is 5. The zero-order chi connectivity index (χ0) is 14.7. The van der Waals surface area contributed by atoms with E-state index in [4.69, 9.17) is 10.00 Å². The maximum atomic E-state index is 8.50. The minimum atomic E-state index is 0.0309. The standard InChI is InChI=1S/C16H16N4O/c1-11-9-20-14(10-19-11)12-3-5-13(6-4-12)15-16(21-15)18-8-2-7-17/h3-6,9-10,15-16,18H,2,8H2,1H3. The van der Waals surface area contributed by atoms with Gasteiger partial charge in [0.25, 0.3) is 0 Å². The highest BCUT2D eigenvalue weighted by Crippen LogP contribution is 2.37. The van der Waals surface area contributed by atoms with E-state index in [0.717, 1.165) is 22.5 Å². The van der Waals surface area contributed by atoms with E-state index in [1.165, 1.54) is 0 Å². The molecule has 3 rings (SSSR count). The van der Waals surface area contributed by atoms with Crippen LogP contribution in [0, 0.1) is 18.3 Å². The summed E-state index contributed by atoms with van der Waals surface area (Å²) in [7, 11) is 0. The van der Waals surface area contributed by atoms with Gasteiger partial charge >= 0.3 is 0 Å². The van der Waals surface area contributed by atoms with Gasteiger partial charge in [0.2, 0.25) is 0 Å². The van der Waals surface area contributed by atoms with Crippen molar-refractivity contribution < 1.29 is 4.74 Å². The number of nitriles is 1. The third-order valence-corrected chi connectivity index (χ3v) is 3.39. The van der Waals surface area contributed by atoms with E-state index in [-0.39, 0.29) is 12.3 Å². The molecular weight excluding hydrogens is 264 g/mol. The lowest BCUT2D eigenvalue weighted by Crippen LogP contribution is -2.19. The number of benzene rings is 1. The average Bonchev–Trinajstić information content (AvgIpc) is 3.28. The topological polar surface area (TPSA) is 74.1 Å². The van der Waals surface area contributed by atoms with Crippen LogP contribution < -0.4 is 5.32 Å². The number of nitrogens with zero attached hydrogens (tertiary/aromatic N) is 3. The molecule has 2 atom stereocenters. The van der Waals surface area contributed by atoms with Crippen LogP contribution >= 0.6 is 0 Å². The second kappa shape index (κ2) is 6.00. The molecule has 0 spiro atoms. The van der Waals surface area contributed by atoms with Crippen molar-refractivity contribution in [1.82, 2.24) is 15.3 Å². The van der Waals surface area contributed by atoms with Crippen molar-refractivity contribution in [3.63, 3.8) is 0 Å². The number of nitrogens with one attached hydrogen (secondary N) is 1. The number of aromatic nitrogens is 2. The van der Waals surface area contributed by atoms with Gasteiger partial charge in [0.15, 0.2) is 0 Å². The van der Waals surface area contributed by atoms with E-state index in [2.05, 4.69) is 21.4 Å². The van der Waals surface area contributed by atoms with Crippen LogP contribution in [0.25, 0.3) is 11.3 Å². The van der Waals surface area contributed by atoms with E-state index >= 15 is 0 Å². The molecule has 1 aromatic heterocycles. The van der Waals surface area contributed by atoms with Gasteiger partial charge in [0.05, 0.1) is 23.7 Å². The number of hydrogen-bond donors (Lipinski definition) is 1. The van der Waals surface area contributed by atoms with E-state index in [1.54, 1.807) is 12.4 Å². The Balaban J connectivity index is 1.63. The van der Waals surface area contributed by atoms with Gasteiger partial charge < -0.3 is 4.74 Å². The average molecular weight is 280 g/mol. The molecule has 1 N–H and O–H groups in total. The normalized spacial score (nSPS) is 20.0. The molecular formula is C16H16N4O. The monoisotopic (exact) mass is 280 g/mol. The van der Waals surface area contributed by atoms with Crippen LogP contribution in [0.2, 0.25) is 0 Å². The number of epoxide rings is 1. The molecule has 1 aliphatic heterocycles. The van der Waals surface area contributed by atoms with Crippen LogP contribution in [0.15, 0.2) is 36.7 Å². The SMILES string of the molecule is Cc1cnc(-c2ccc(C3OC3NCCC#N)cc2)cn1. The van der Waals surface area contributed by atoms with Gasteiger partial charge in [-0.2, -0.15) is 5.26 Å². The van der Waals surface area contributed by atoms with Crippen molar-refractivity contribution in [2.75, 3.05) is 6.54 Å². The first-order valence-electron chi connectivity index (χ1n) is 6.93. The van der Waals surface area contributed by atoms with Gasteiger partial charge in [-0.15, -0.1) is 0 Å². The lowest BCUT2D eigenvalue weighted by Gasteiger charge is -2.02. The first kappa shape index (κ1) is 13.7. The molecule has 2 unspecified atom stereocenters. The fourth-order valence-electron chi connectivity index (χ4n) is 2.18.